The van der Waals surface area contributed by atoms with E-state index in [-0.39, 0.29) is 0 Å². The molecule has 1 heterocycles. The van der Waals surface area contributed by atoms with Crippen LogP contribution in [0.25, 0.3) is 11.0 Å². The SMILES string of the molecule is [CH2]c1cc2ccc(Br)cc2o1. The van der Waals surface area contributed by atoms with E-state index in [0.29, 0.717) is 5.76 Å². The zero-order chi connectivity index (χ0) is 7.84. The van der Waals surface area contributed by atoms with Gasteiger partial charge in [0.15, 0.2) is 0 Å². The number of halogens is 1. The van der Waals surface area contributed by atoms with E-state index in [0.717, 1.165) is 15.4 Å². The van der Waals surface area contributed by atoms with Crippen LogP contribution in [-0.4, -0.2) is 0 Å². The number of furan rings is 1. The molecule has 1 radical (unpaired) electrons. The number of hydrogen-bond donors (Lipinski definition) is 0. The molecule has 0 aliphatic carbocycles. The second kappa shape index (κ2) is 2.38. The van der Waals surface area contributed by atoms with Crippen LogP contribution in [-0.2, 0) is 0 Å². The molecule has 0 saturated carbocycles. The van der Waals surface area contributed by atoms with E-state index in [1.165, 1.54) is 0 Å². The Morgan fingerprint density at radius 2 is 2.09 bits per heavy atom. The third-order valence-corrected chi connectivity index (χ3v) is 2.03. The van der Waals surface area contributed by atoms with Crippen LogP contribution in [0.1, 0.15) is 5.76 Å². The average molecular weight is 210 g/mol. The van der Waals surface area contributed by atoms with Gasteiger partial charge in [-0.2, -0.15) is 0 Å². The summed E-state index contributed by atoms with van der Waals surface area (Å²) in [5.41, 5.74) is 0.879. The Labute approximate surface area is 73.1 Å². The Balaban J connectivity index is 2.82. The van der Waals surface area contributed by atoms with Gasteiger partial charge in [-0.05, 0) is 24.3 Å². The number of fused-ring (bicyclic) bond motifs is 1. The highest BCUT2D eigenvalue weighted by Gasteiger charge is 1.98. The van der Waals surface area contributed by atoms with Crippen molar-refractivity contribution in [3.05, 3.63) is 41.4 Å². The molecule has 0 fully saturated rings. The molecule has 2 aromatic rings. The lowest BCUT2D eigenvalue weighted by molar-refractivity contribution is 0.595. The van der Waals surface area contributed by atoms with Crippen LogP contribution < -0.4 is 0 Å². The molecule has 11 heavy (non-hydrogen) atoms. The highest BCUT2D eigenvalue weighted by atomic mass is 79.9. The maximum atomic E-state index is 5.31. The molecule has 1 aromatic heterocycles. The number of rotatable bonds is 0. The fourth-order valence-corrected chi connectivity index (χ4v) is 1.40. The predicted octanol–water partition coefficient (Wildman–Crippen LogP) is 3.38. The fourth-order valence-electron chi connectivity index (χ4n) is 1.06. The molecule has 0 N–H and O–H groups in total. The summed E-state index contributed by atoms with van der Waals surface area (Å²) in [6.07, 6.45) is 0. The van der Waals surface area contributed by atoms with Crippen LogP contribution in [0.4, 0.5) is 0 Å². The van der Waals surface area contributed by atoms with Gasteiger partial charge in [-0.1, -0.05) is 15.9 Å². The first-order valence-corrected chi connectivity index (χ1v) is 4.06. The first-order chi connectivity index (χ1) is 5.25. The lowest BCUT2D eigenvalue weighted by Crippen LogP contribution is -1.62. The highest BCUT2D eigenvalue weighted by molar-refractivity contribution is 9.10. The minimum atomic E-state index is 0.707. The Kier molecular flexibility index (Phi) is 1.50. The Morgan fingerprint density at radius 1 is 1.27 bits per heavy atom. The molecule has 0 aliphatic rings. The van der Waals surface area contributed by atoms with Crippen molar-refractivity contribution in [2.45, 2.75) is 0 Å². The van der Waals surface area contributed by atoms with Crippen LogP contribution in [0.2, 0.25) is 0 Å². The van der Waals surface area contributed by atoms with Crippen LogP contribution in [0.15, 0.2) is 33.2 Å². The minimum Gasteiger partial charge on any atom is -0.461 e. The summed E-state index contributed by atoms with van der Waals surface area (Å²) >= 11 is 3.36. The van der Waals surface area contributed by atoms with Crippen molar-refractivity contribution in [2.24, 2.45) is 0 Å². The van der Waals surface area contributed by atoms with E-state index < -0.39 is 0 Å². The average Bonchev–Trinajstić information content (AvgIpc) is 2.27. The Morgan fingerprint density at radius 3 is 2.91 bits per heavy atom. The largest absolute Gasteiger partial charge is 0.461 e. The van der Waals surface area contributed by atoms with Crippen LogP contribution >= 0.6 is 15.9 Å². The molecule has 0 amide bonds. The molecule has 55 valence electrons. The number of hydrogen-bond acceptors (Lipinski definition) is 1. The molecule has 0 bridgehead atoms. The van der Waals surface area contributed by atoms with Gasteiger partial charge < -0.3 is 4.42 Å². The quantitative estimate of drug-likeness (QED) is 0.649. The van der Waals surface area contributed by atoms with E-state index >= 15 is 0 Å². The fraction of sp³-hybridized carbons (Fsp3) is 0. The van der Waals surface area contributed by atoms with E-state index in [1.807, 2.05) is 24.3 Å². The molecule has 0 unspecified atom stereocenters. The minimum absolute atomic E-state index is 0.707. The van der Waals surface area contributed by atoms with Gasteiger partial charge in [0.2, 0.25) is 0 Å². The summed E-state index contributed by atoms with van der Waals surface area (Å²) in [6.45, 7) is 3.71. The van der Waals surface area contributed by atoms with Gasteiger partial charge in [0.1, 0.15) is 11.3 Å². The molecule has 2 rings (SSSR count). The second-order valence-corrected chi connectivity index (χ2v) is 3.31. The summed E-state index contributed by atoms with van der Waals surface area (Å²) in [7, 11) is 0. The Bertz CT molecular complexity index is 389. The molecule has 1 aromatic carbocycles. The van der Waals surface area contributed by atoms with Gasteiger partial charge in [0.05, 0.1) is 0 Å². The molecule has 0 aliphatic heterocycles. The van der Waals surface area contributed by atoms with E-state index in [2.05, 4.69) is 22.9 Å². The van der Waals surface area contributed by atoms with Crippen molar-refractivity contribution in [2.75, 3.05) is 0 Å². The third-order valence-electron chi connectivity index (χ3n) is 1.53. The van der Waals surface area contributed by atoms with Gasteiger partial charge in [-0.15, -0.1) is 0 Å². The van der Waals surface area contributed by atoms with Crippen molar-refractivity contribution in [3.8, 4) is 0 Å². The van der Waals surface area contributed by atoms with Gasteiger partial charge in [-0.3, -0.25) is 0 Å². The summed E-state index contributed by atoms with van der Waals surface area (Å²) in [6, 6.07) is 7.83. The molecular weight excluding hydrogens is 204 g/mol. The van der Waals surface area contributed by atoms with Crippen molar-refractivity contribution in [3.63, 3.8) is 0 Å². The van der Waals surface area contributed by atoms with Crippen molar-refractivity contribution < 1.29 is 4.42 Å². The zero-order valence-corrected chi connectivity index (χ0v) is 7.39. The van der Waals surface area contributed by atoms with Gasteiger partial charge in [0.25, 0.3) is 0 Å². The lowest BCUT2D eigenvalue weighted by atomic mass is 10.2. The molecule has 2 heteroatoms. The first-order valence-electron chi connectivity index (χ1n) is 3.27. The highest BCUT2D eigenvalue weighted by Crippen LogP contribution is 2.22. The summed E-state index contributed by atoms with van der Waals surface area (Å²) in [4.78, 5) is 0. The predicted molar refractivity (Wildman–Crippen MR) is 48.4 cm³/mol. The summed E-state index contributed by atoms with van der Waals surface area (Å²) < 4.78 is 6.33. The lowest BCUT2D eigenvalue weighted by Gasteiger charge is -1.87. The van der Waals surface area contributed by atoms with Crippen molar-refractivity contribution in [1.82, 2.24) is 0 Å². The van der Waals surface area contributed by atoms with Crippen molar-refractivity contribution in [1.29, 1.82) is 0 Å². The normalized spacial score (nSPS) is 10.7. The molecular formula is C9H6BrO. The van der Waals surface area contributed by atoms with Gasteiger partial charge >= 0.3 is 0 Å². The van der Waals surface area contributed by atoms with E-state index in [9.17, 15) is 0 Å². The molecule has 0 atom stereocenters. The smallest absolute Gasteiger partial charge is 0.135 e. The van der Waals surface area contributed by atoms with Crippen LogP contribution in [0.3, 0.4) is 0 Å². The van der Waals surface area contributed by atoms with Gasteiger partial charge in [0, 0.05) is 16.8 Å². The molecule has 1 nitrogen and oxygen atoms in total. The maximum Gasteiger partial charge on any atom is 0.135 e. The van der Waals surface area contributed by atoms with Gasteiger partial charge in [-0.25, -0.2) is 0 Å². The van der Waals surface area contributed by atoms with E-state index in [4.69, 9.17) is 4.42 Å². The third kappa shape index (κ3) is 1.18. The monoisotopic (exact) mass is 209 g/mol. The van der Waals surface area contributed by atoms with Crippen LogP contribution in [0, 0.1) is 6.92 Å². The van der Waals surface area contributed by atoms with E-state index in [1.54, 1.807) is 0 Å². The summed E-state index contributed by atoms with van der Waals surface area (Å²) in [5, 5.41) is 1.10. The molecule has 0 spiro atoms. The maximum absolute atomic E-state index is 5.31. The number of benzene rings is 1. The second-order valence-electron chi connectivity index (χ2n) is 2.39. The standard InChI is InChI=1S/C9H6BrO/c1-6-4-7-2-3-8(10)5-9(7)11-6/h2-5H,1H2. The Hall–Kier alpha value is -0.760. The van der Waals surface area contributed by atoms with Crippen LogP contribution in [0.5, 0.6) is 0 Å². The first kappa shape index (κ1) is 6.92. The molecule has 0 saturated heterocycles. The summed E-state index contributed by atoms with van der Waals surface area (Å²) in [5.74, 6) is 0.707. The zero-order valence-electron chi connectivity index (χ0n) is 5.80. The van der Waals surface area contributed by atoms with Crippen molar-refractivity contribution >= 4 is 26.9 Å². The topological polar surface area (TPSA) is 13.1 Å².